The van der Waals surface area contributed by atoms with Crippen molar-refractivity contribution < 1.29 is 18.3 Å². The van der Waals surface area contributed by atoms with Gasteiger partial charge in [0.2, 0.25) is 5.91 Å². The largest absolute Gasteiger partial charge is 0.375 e. The standard InChI is InChI=1S/C28H33F2N7O2/c1-16(2)37-17(3)33-28-21(30)11-19(12-23(28)37)27-20(29)7-9-31-25(35-27)13-32-24-6-5-18-14-36(26(38)15-39-4)10-8-22(18)34-24/h5-6,9,11-12,16,25,35H,7-8,10,13-15H2,1-4H3,(H,32,34). The molecule has 0 bridgehead atoms. The average Bonchev–Trinajstić information content (AvgIpc) is 3.14. The van der Waals surface area contributed by atoms with Gasteiger partial charge in [-0.2, -0.15) is 0 Å². The predicted molar refractivity (Wildman–Crippen MR) is 147 cm³/mol. The molecule has 2 aromatic heterocycles. The number of anilines is 1. The van der Waals surface area contributed by atoms with E-state index in [1.54, 1.807) is 11.0 Å². The number of aromatic nitrogens is 3. The number of halogens is 2. The van der Waals surface area contributed by atoms with Gasteiger partial charge in [-0.15, -0.1) is 0 Å². The van der Waals surface area contributed by atoms with Gasteiger partial charge in [-0.25, -0.2) is 18.7 Å². The van der Waals surface area contributed by atoms with Gasteiger partial charge in [-0.05, 0) is 44.5 Å². The topological polar surface area (TPSA) is 96.7 Å². The Morgan fingerprint density at radius 3 is 2.85 bits per heavy atom. The first-order chi connectivity index (χ1) is 18.7. The van der Waals surface area contributed by atoms with Crippen molar-refractivity contribution in [3.8, 4) is 0 Å². The molecule has 0 saturated heterocycles. The SMILES string of the molecule is COCC(=O)N1CCc2nc(NCC3N=CCC(F)=C(c4cc(F)c5nc(C)n(C(C)C)c5c4)N3)ccc2C1. The molecule has 0 fully saturated rings. The number of methoxy groups -OCH3 is 1. The molecule has 1 amide bonds. The van der Waals surface area contributed by atoms with Gasteiger partial charge in [0.1, 0.15) is 35.8 Å². The van der Waals surface area contributed by atoms with Gasteiger partial charge in [-0.1, -0.05) is 6.07 Å². The fourth-order valence-corrected chi connectivity index (χ4v) is 5.20. The molecule has 206 valence electrons. The van der Waals surface area contributed by atoms with E-state index in [1.807, 2.05) is 37.5 Å². The van der Waals surface area contributed by atoms with E-state index in [9.17, 15) is 4.79 Å². The summed E-state index contributed by atoms with van der Waals surface area (Å²) in [5.74, 6) is 0.430. The number of pyridine rings is 1. The number of carbonyl (C=O) groups is 1. The lowest BCUT2D eigenvalue weighted by molar-refractivity contribution is -0.136. The molecule has 0 aliphatic carbocycles. The molecular weight excluding hydrogens is 504 g/mol. The second-order valence-electron chi connectivity index (χ2n) is 10.1. The number of imidazole rings is 1. The lowest BCUT2D eigenvalue weighted by Crippen LogP contribution is -2.38. The quantitative estimate of drug-likeness (QED) is 0.471. The van der Waals surface area contributed by atoms with Gasteiger partial charge >= 0.3 is 0 Å². The Kier molecular flexibility index (Phi) is 7.60. The van der Waals surface area contributed by atoms with Crippen molar-refractivity contribution in [1.82, 2.24) is 24.8 Å². The number of rotatable bonds is 7. The second-order valence-corrected chi connectivity index (χ2v) is 10.1. The number of nitrogens with zero attached hydrogens (tertiary/aromatic N) is 5. The highest BCUT2D eigenvalue weighted by Crippen LogP contribution is 2.30. The molecule has 2 aliphatic rings. The average molecular weight is 538 g/mol. The van der Waals surface area contributed by atoms with Gasteiger partial charge in [0, 0.05) is 56.6 Å². The van der Waals surface area contributed by atoms with Crippen LogP contribution in [0.25, 0.3) is 16.7 Å². The van der Waals surface area contributed by atoms with Gasteiger partial charge in [-0.3, -0.25) is 9.79 Å². The number of ether oxygens (including phenoxy) is 1. The molecule has 1 aromatic carbocycles. The lowest BCUT2D eigenvalue weighted by Gasteiger charge is -2.28. The maximum Gasteiger partial charge on any atom is 0.248 e. The third kappa shape index (κ3) is 5.49. The molecular formula is C28H33F2N7O2. The first-order valence-corrected chi connectivity index (χ1v) is 13.1. The summed E-state index contributed by atoms with van der Waals surface area (Å²) in [6.45, 7) is 7.34. The van der Waals surface area contributed by atoms with Gasteiger partial charge in [0.25, 0.3) is 0 Å². The highest BCUT2D eigenvalue weighted by molar-refractivity contribution is 5.83. The number of nitrogens with one attached hydrogen (secondary N) is 2. The number of hydrogen-bond donors (Lipinski definition) is 2. The summed E-state index contributed by atoms with van der Waals surface area (Å²) in [5.41, 5.74) is 3.47. The Balaban J connectivity index is 1.31. The molecule has 39 heavy (non-hydrogen) atoms. The summed E-state index contributed by atoms with van der Waals surface area (Å²) in [4.78, 5) is 27.5. The van der Waals surface area contributed by atoms with Crippen LogP contribution in [0.4, 0.5) is 14.6 Å². The summed E-state index contributed by atoms with van der Waals surface area (Å²) in [6.07, 6.45) is 1.70. The molecule has 5 rings (SSSR count). The summed E-state index contributed by atoms with van der Waals surface area (Å²) < 4.78 is 37.1. The summed E-state index contributed by atoms with van der Waals surface area (Å²) in [7, 11) is 1.51. The van der Waals surface area contributed by atoms with E-state index < -0.39 is 17.8 Å². The number of amides is 1. The molecule has 11 heteroatoms. The molecule has 2 aliphatic heterocycles. The Labute approximate surface area is 226 Å². The zero-order valence-corrected chi connectivity index (χ0v) is 22.6. The number of hydrogen-bond acceptors (Lipinski definition) is 7. The first kappa shape index (κ1) is 26.7. The van der Waals surface area contributed by atoms with Crippen molar-refractivity contribution in [3.63, 3.8) is 0 Å². The van der Waals surface area contributed by atoms with E-state index in [0.717, 1.165) is 11.3 Å². The maximum atomic E-state index is 15.2. The summed E-state index contributed by atoms with van der Waals surface area (Å²) >= 11 is 0. The van der Waals surface area contributed by atoms with Crippen molar-refractivity contribution in [2.45, 2.75) is 52.4 Å². The third-order valence-electron chi connectivity index (χ3n) is 7.01. The fraction of sp³-hybridized carbons (Fsp3) is 0.429. The van der Waals surface area contributed by atoms with Crippen molar-refractivity contribution in [3.05, 3.63) is 58.6 Å². The van der Waals surface area contributed by atoms with Crippen LogP contribution in [0.15, 0.2) is 35.1 Å². The third-order valence-corrected chi connectivity index (χ3v) is 7.01. The molecule has 0 saturated carbocycles. The molecule has 2 N–H and O–H groups in total. The van der Waals surface area contributed by atoms with E-state index >= 15 is 8.78 Å². The van der Waals surface area contributed by atoms with Gasteiger partial charge in [0.15, 0.2) is 5.82 Å². The van der Waals surface area contributed by atoms with Crippen LogP contribution in [0.3, 0.4) is 0 Å². The van der Waals surface area contributed by atoms with E-state index in [2.05, 4.69) is 20.6 Å². The van der Waals surface area contributed by atoms with Gasteiger partial charge < -0.3 is 24.8 Å². The Hall–Kier alpha value is -3.86. The van der Waals surface area contributed by atoms with E-state index in [1.165, 1.54) is 19.4 Å². The number of benzene rings is 1. The molecule has 3 aromatic rings. The van der Waals surface area contributed by atoms with Crippen LogP contribution in [0.5, 0.6) is 0 Å². The van der Waals surface area contributed by atoms with Crippen molar-refractivity contribution in [1.29, 1.82) is 0 Å². The lowest BCUT2D eigenvalue weighted by atomic mass is 10.1. The number of aliphatic imine (C=N–C) groups is 1. The molecule has 0 spiro atoms. The highest BCUT2D eigenvalue weighted by Gasteiger charge is 2.23. The fourth-order valence-electron chi connectivity index (χ4n) is 5.20. The molecule has 0 radical (unpaired) electrons. The Bertz CT molecular complexity index is 1460. The number of fused-ring (bicyclic) bond motifs is 2. The monoisotopic (exact) mass is 537 g/mol. The molecule has 4 heterocycles. The first-order valence-electron chi connectivity index (χ1n) is 13.1. The zero-order valence-electron chi connectivity index (χ0n) is 22.6. The Morgan fingerprint density at radius 2 is 2.08 bits per heavy atom. The molecule has 1 unspecified atom stereocenters. The van der Waals surface area contributed by atoms with Crippen LogP contribution < -0.4 is 10.6 Å². The summed E-state index contributed by atoms with van der Waals surface area (Å²) in [5, 5.41) is 6.44. The van der Waals surface area contributed by atoms with Crippen LogP contribution in [-0.2, 0) is 22.5 Å². The van der Waals surface area contributed by atoms with Crippen LogP contribution in [0.1, 0.15) is 49.0 Å². The van der Waals surface area contributed by atoms with E-state index in [0.29, 0.717) is 48.8 Å². The smallest absolute Gasteiger partial charge is 0.248 e. The van der Waals surface area contributed by atoms with Crippen molar-refractivity contribution in [2.75, 3.05) is 32.1 Å². The minimum Gasteiger partial charge on any atom is -0.375 e. The molecule has 1 atom stereocenters. The second kappa shape index (κ2) is 11.1. The van der Waals surface area contributed by atoms with Crippen LogP contribution in [0, 0.1) is 12.7 Å². The minimum atomic E-state index is -0.497. The van der Waals surface area contributed by atoms with Crippen LogP contribution >= 0.6 is 0 Å². The highest BCUT2D eigenvalue weighted by atomic mass is 19.1. The number of allylic oxidation sites excluding steroid dienone is 1. The van der Waals surface area contributed by atoms with Crippen LogP contribution in [-0.4, -0.2) is 64.5 Å². The number of carbonyl (C=O) groups excluding carboxylic acids is 1. The maximum absolute atomic E-state index is 15.2. The normalized spacial score (nSPS) is 17.4. The summed E-state index contributed by atoms with van der Waals surface area (Å²) in [6, 6.07) is 7.00. The zero-order chi connectivity index (χ0) is 27.7. The van der Waals surface area contributed by atoms with Gasteiger partial charge in [0.05, 0.1) is 17.8 Å². The Morgan fingerprint density at radius 1 is 1.26 bits per heavy atom. The predicted octanol–water partition coefficient (Wildman–Crippen LogP) is 4.13. The number of aryl methyl sites for hydroxylation is 1. The van der Waals surface area contributed by atoms with Crippen LogP contribution in [0.2, 0.25) is 0 Å². The van der Waals surface area contributed by atoms with E-state index in [4.69, 9.17) is 9.72 Å². The molecule has 9 nitrogen and oxygen atoms in total. The minimum absolute atomic E-state index is 0.0103. The van der Waals surface area contributed by atoms with Crippen molar-refractivity contribution in [2.24, 2.45) is 4.99 Å². The van der Waals surface area contributed by atoms with E-state index in [-0.39, 0.29) is 36.2 Å². The van der Waals surface area contributed by atoms with Crippen molar-refractivity contribution >= 4 is 34.7 Å².